The van der Waals surface area contributed by atoms with Gasteiger partial charge in [0.05, 0.1) is 26.4 Å². The van der Waals surface area contributed by atoms with Gasteiger partial charge in [0, 0.05) is 13.0 Å². The summed E-state index contributed by atoms with van der Waals surface area (Å²) >= 11 is 0. The molecular formula is C64H120O14. The highest BCUT2D eigenvalue weighted by Gasteiger charge is 2.47. The lowest BCUT2D eigenvalue weighted by Gasteiger charge is -2.42. The number of aliphatic hydroxyl groups is 7. The first kappa shape index (κ1) is 72.6. The summed E-state index contributed by atoms with van der Waals surface area (Å²) in [6.07, 6.45) is 43.9. The van der Waals surface area contributed by atoms with Crippen LogP contribution in [0, 0.1) is 0 Å². The number of carbonyl (C=O) groups is 1. The number of allylic oxidation sites excluding steroid dienone is 4. The molecule has 2 fully saturated rings. The van der Waals surface area contributed by atoms with Crippen molar-refractivity contribution in [3.63, 3.8) is 0 Å². The van der Waals surface area contributed by atoms with Crippen molar-refractivity contribution < 1.29 is 69.0 Å². The highest BCUT2D eigenvalue weighted by atomic mass is 16.7. The first-order valence-corrected chi connectivity index (χ1v) is 32.4. The molecular weight excluding hydrogens is 993 g/mol. The molecule has 78 heavy (non-hydrogen) atoms. The fraction of sp³-hybridized carbons (Fsp3) is 0.922. The van der Waals surface area contributed by atoms with Crippen molar-refractivity contribution in [3.05, 3.63) is 24.3 Å². The van der Waals surface area contributed by atoms with Crippen LogP contribution in [-0.2, 0) is 33.2 Å². The van der Waals surface area contributed by atoms with E-state index in [1.54, 1.807) is 0 Å². The fourth-order valence-electron chi connectivity index (χ4n) is 10.5. The summed E-state index contributed by atoms with van der Waals surface area (Å²) in [6, 6.07) is 0. The fourth-order valence-corrected chi connectivity index (χ4v) is 10.5. The number of aliphatic hydroxyl groups excluding tert-OH is 7. The summed E-state index contributed by atoms with van der Waals surface area (Å²) in [5.41, 5.74) is 0. The Hall–Kier alpha value is -1.53. The first-order valence-electron chi connectivity index (χ1n) is 32.4. The van der Waals surface area contributed by atoms with E-state index in [0.717, 1.165) is 38.5 Å². The van der Waals surface area contributed by atoms with Gasteiger partial charge in [-0.1, -0.05) is 231 Å². The van der Waals surface area contributed by atoms with E-state index in [0.29, 0.717) is 13.0 Å². The molecule has 2 saturated heterocycles. The Morgan fingerprint density at radius 3 is 1.17 bits per heavy atom. The van der Waals surface area contributed by atoms with Crippen LogP contribution in [0.1, 0.15) is 277 Å². The van der Waals surface area contributed by atoms with Crippen LogP contribution < -0.4 is 0 Å². The average molecular weight is 1110 g/mol. The highest BCUT2D eigenvalue weighted by molar-refractivity contribution is 5.69. The molecule has 2 aliphatic heterocycles. The van der Waals surface area contributed by atoms with Gasteiger partial charge in [-0.05, 0) is 64.2 Å². The van der Waals surface area contributed by atoms with E-state index in [4.69, 9.17) is 28.4 Å². The van der Waals surface area contributed by atoms with Gasteiger partial charge >= 0.3 is 5.97 Å². The van der Waals surface area contributed by atoms with Crippen molar-refractivity contribution in [3.8, 4) is 0 Å². The minimum atomic E-state index is -1.71. The topological polar surface area (TPSA) is 214 Å². The first-order chi connectivity index (χ1) is 38.1. The summed E-state index contributed by atoms with van der Waals surface area (Å²) in [6.45, 7) is 3.74. The van der Waals surface area contributed by atoms with Crippen molar-refractivity contribution in [2.75, 3.05) is 33.0 Å². The molecule has 0 aliphatic carbocycles. The number of esters is 1. The van der Waals surface area contributed by atoms with E-state index in [2.05, 4.69) is 38.2 Å². The Labute approximate surface area is 475 Å². The Morgan fingerprint density at radius 2 is 0.756 bits per heavy atom. The van der Waals surface area contributed by atoms with Crippen LogP contribution in [0.15, 0.2) is 24.3 Å². The molecule has 11 unspecified atom stereocenters. The lowest BCUT2D eigenvalue weighted by molar-refractivity contribution is -0.332. The molecule has 460 valence electrons. The third-order valence-electron chi connectivity index (χ3n) is 15.7. The van der Waals surface area contributed by atoms with Crippen molar-refractivity contribution in [1.29, 1.82) is 0 Å². The maximum absolute atomic E-state index is 13.1. The summed E-state index contributed by atoms with van der Waals surface area (Å²) in [4.78, 5) is 13.1. The molecule has 0 bridgehead atoms. The van der Waals surface area contributed by atoms with Crippen LogP contribution in [0.25, 0.3) is 0 Å². The van der Waals surface area contributed by atoms with Gasteiger partial charge in [-0.2, -0.15) is 0 Å². The Morgan fingerprint density at radius 1 is 0.410 bits per heavy atom. The van der Waals surface area contributed by atoms with Gasteiger partial charge in [-0.3, -0.25) is 4.79 Å². The minimum absolute atomic E-state index is 0.0634. The van der Waals surface area contributed by atoms with Crippen LogP contribution in [0.2, 0.25) is 0 Å². The molecule has 2 aliphatic rings. The van der Waals surface area contributed by atoms with E-state index in [9.17, 15) is 40.5 Å². The lowest BCUT2D eigenvalue weighted by Crippen LogP contribution is -2.61. The Kier molecular flexibility index (Phi) is 47.6. The van der Waals surface area contributed by atoms with Gasteiger partial charge < -0.3 is 64.2 Å². The van der Waals surface area contributed by atoms with E-state index >= 15 is 0 Å². The van der Waals surface area contributed by atoms with Gasteiger partial charge in [-0.15, -0.1) is 0 Å². The van der Waals surface area contributed by atoms with Crippen molar-refractivity contribution in [2.45, 2.75) is 345 Å². The summed E-state index contributed by atoms with van der Waals surface area (Å²) in [5, 5.41) is 72.5. The molecule has 2 heterocycles. The molecule has 0 aromatic rings. The van der Waals surface area contributed by atoms with Crippen molar-refractivity contribution in [2.24, 2.45) is 0 Å². The molecule has 2 rings (SSSR count). The predicted molar refractivity (Wildman–Crippen MR) is 312 cm³/mol. The number of hydrogen-bond acceptors (Lipinski definition) is 14. The molecule has 14 nitrogen and oxygen atoms in total. The molecule has 14 heteroatoms. The molecule has 0 aromatic carbocycles. The molecule has 0 saturated carbocycles. The second-order valence-corrected chi connectivity index (χ2v) is 22.9. The van der Waals surface area contributed by atoms with E-state index in [1.807, 2.05) is 0 Å². The Bertz CT molecular complexity index is 1380. The SMILES string of the molecule is CCCCCCCCC/C=C\CCCCCCCCCCOCC(COC1OC(COC2OC(CO)C(O)C(O)C2O)C(O)C(O)C1O)OC(=O)CCCCCCCCCCCCCCC/C=C\CCCCCCCCCC. The zero-order valence-corrected chi connectivity index (χ0v) is 49.7. The van der Waals surface area contributed by atoms with E-state index < -0.39 is 80.7 Å². The zero-order valence-electron chi connectivity index (χ0n) is 49.7. The molecule has 11 atom stereocenters. The maximum atomic E-state index is 13.1. The van der Waals surface area contributed by atoms with Crippen LogP contribution in [-0.4, -0.2) is 142 Å². The third-order valence-corrected chi connectivity index (χ3v) is 15.7. The van der Waals surface area contributed by atoms with Gasteiger partial charge in [0.2, 0.25) is 0 Å². The predicted octanol–water partition coefficient (Wildman–Crippen LogP) is 12.7. The van der Waals surface area contributed by atoms with Crippen LogP contribution in [0.4, 0.5) is 0 Å². The summed E-state index contributed by atoms with van der Waals surface area (Å²) < 4.78 is 34.5. The maximum Gasteiger partial charge on any atom is 0.306 e. The second kappa shape index (κ2) is 51.1. The van der Waals surface area contributed by atoms with Crippen molar-refractivity contribution in [1.82, 2.24) is 0 Å². The molecule has 0 amide bonds. The van der Waals surface area contributed by atoms with Crippen molar-refractivity contribution >= 4 is 5.97 Å². The average Bonchev–Trinajstić information content (AvgIpc) is 3.46. The van der Waals surface area contributed by atoms with Crippen LogP contribution in [0.5, 0.6) is 0 Å². The van der Waals surface area contributed by atoms with Gasteiger partial charge in [0.1, 0.15) is 54.9 Å². The monoisotopic (exact) mass is 1110 g/mol. The van der Waals surface area contributed by atoms with Gasteiger partial charge in [0.25, 0.3) is 0 Å². The lowest BCUT2D eigenvalue weighted by atomic mass is 9.98. The third kappa shape index (κ3) is 36.8. The quantitative estimate of drug-likeness (QED) is 0.0172. The van der Waals surface area contributed by atoms with E-state index in [-0.39, 0.29) is 25.6 Å². The highest BCUT2D eigenvalue weighted by Crippen LogP contribution is 2.27. The van der Waals surface area contributed by atoms with E-state index in [1.165, 1.54) is 212 Å². The minimum Gasteiger partial charge on any atom is -0.457 e. The zero-order chi connectivity index (χ0) is 56.5. The molecule has 0 radical (unpaired) electrons. The Balaban J connectivity index is 1.66. The molecule has 0 spiro atoms. The number of rotatable bonds is 54. The summed E-state index contributed by atoms with van der Waals surface area (Å²) in [5.74, 6) is -0.372. The van der Waals surface area contributed by atoms with Gasteiger partial charge in [0.15, 0.2) is 12.6 Å². The van der Waals surface area contributed by atoms with Gasteiger partial charge in [-0.25, -0.2) is 0 Å². The standard InChI is InChI=1S/C64H120O14/c1-3-5-7-9-11-13-15-17-19-21-23-24-25-26-27-28-29-31-33-35-37-39-41-43-45-47-56(66)76-53(50-73-48-46-44-42-40-38-36-34-32-30-22-20-18-16-14-12-10-8-6-4-2)51-74-63-62(72)60(70)58(68)55(78-63)52-75-64-61(71)59(69)57(67)54(49-65)77-64/h20-23,53-55,57-65,67-72H,3-19,24-52H2,1-2H3/b22-20-,23-21-. The number of ether oxygens (including phenoxy) is 6. The second-order valence-electron chi connectivity index (χ2n) is 22.9. The summed E-state index contributed by atoms with van der Waals surface area (Å²) in [7, 11) is 0. The number of unbranched alkanes of at least 4 members (excludes halogenated alkanes) is 36. The molecule has 0 aromatic heterocycles. The normalized spacial score (nSPS) is 24.2. The number of hydrogen-bond donors (Lipinski definition) is 7. The smallest absolute Gasteiger partial charge is 0.306 e. The molecule has 7 N–H and O–H groups in total. The van der Waals surface area contributed by atoms with Crippen LogP contribution in [0.3, 0.4) is 0 Å². The number of carbonyl (C=O) groups excluding carboxylic acids is 1. The largest absolute Gasteiger partial charge is 0.457 e. The van der Waals surface area contributed by atoms with Crippen LogP contribution >= 0.6 is 0 Å².